The van der Waals surface area contributed by atoms with Crippen LogP contribution in [0.15, 0.2) is 35.3 Å². The SMILES string of the molecule is C=C(O)/C=C(/F)C(=C)Br. The maximum absolute atomic E-state index is 12.3. The molecule has 0 heterocycles. The van der Waals surface area contributed by atoms with Crippen LogP contribution >= 0.6 is 15.9 Å². The number of aliphatic hydroxyl groups excluding tert-OH is 1. The molecule has 0 aliphatic heterocycles. The Balaban J connectivity index is 4.17. The van der Waals surface area contributed by atoms with Gasteiger partial charge in [0, 0.05) is 10.6 Å². The van der Waals surface area contributed by atoms with Crippen molar-refractivity contribution in [2.24, 2.45) is 0 Å². The predicted molar refractivity (Wildman–Crippen MR) is 39.0 cm³/mol. The minimum absolute atomic E-state index is 0.0951. The Morgan fingerprint density at radius 2 is 2.00 bits per heavy atom. The van der Waals surface area contributed by atoms with Crippen LogP contribution in [-0.4, -0.2) is 5.11 Å². The normalized spacial score (nSPS) is 11.1. The summed E-state index contributed by atoms with van der Waals surface area (Å²) >= 11 is 2.78. The minimum Gasteiger partial charge on any atom is -0.508 e. The summed E-state index contributed by atoms with van der Waals surface area (Å²) in [6.07, 6.45) is 0.872. The fraction of sp³-hybridized carbons (Fsp3) is 0. The highest BCUT2D eigenvalue weighted by molar-refractivity contribution is 9.11. The molecule has 0 amide bonds. The molecule has 9 heavy (non-hydrogen) atoms. The van der Waals surface area contributed by atoms with E-state index in [0.717, 1.165) is 6.08 Å². The lowest BCUT2D eigenvalue weighted by Gasteiger charge is -1.89. The molecule has 0 aliphatic carbocycles. The molecular formula is C6H6BrFO. The van der Waals surface area contributed by atoms with Crippen LogP contribution in [0.2, 0.25) is 0 Å². The van der Waals surface area contributed by atoms with Gasteiger partial charge in [0.1, 0.15) is 11.6 Å². The monoisotopic (exact) mass is 192 g/mol. The average molecular weight is 193 g/mol. The molecule has 0 aromatic heterocycles. The molecule has 0 atom stereocenters. The molecule has 0 rings (SSSR count). The van der Waals surface area contributed by atoms with E-state index in [1.165, 1.54) is 0 Å². The van der Waals surface area contributed by atoms with E-state index in [0.29, 0.717) is 0 Å². The number of hydrogen-bond donors (Lipinski definition) is 1. The summed E-state index contributed by atoms with van der Waals surface area (Å²) < 4.78 is 12.4. The first-order valence-electron chi connectivity index (χ1n) is 2.14. The van der Waals surface area contributed by atoms with Crippen molar-refractivity contribution in [3.8, 4) is 0 Å². The first-order valence-corrected chi connectivity index (χ1v) is 2.93. The summed E-state index contributed by atoms with van der Waals surface area (Å²) in [5.74, 6) is -0.949. The standard InChI is InChI=1S/C6H6BrFO/c1-4(9)3-6(8)5(2)7/h3,9H,1-2H2/b6-3+. The van der Waals surface area contributed by atoms with E-state index in [-0.39, 0.29) is 10.2 Å². The quantitative estimate of drug-likeness (QED) is 0.528. The molecule has 3 heteroatoms. The van der Waals surface area contributed by atoms with E-state index in [2.05, 4.69) is 29.1 Å². The molecule has 0 unspecified atom stereocenters. The molecule has 0 aromatic carbocycles. The first kappa shape index (κ1) is 8.43. The Labute approximate surface area is 61.3 Å². The number of hydrogen-bond acceptors (Lipinski definition) is 1. The molecule has 0 radical (unpaired) electrons. The van der Waals surface area contributed by atoms with Gasteiger partial charge in [0.25, 0.3) is 0 Å². The average Bonchev–Trinajstić information content (AvgIpc) is 1.63. The molecule has 0 bridgehead atoms. The maximum atomic E-state index is 12.3. The van der Waals surface area contributed by atoms with Crippen LogP contribution in [0.25, 0.3) is 0 Å². The molecule has 0 spiro atoms. The van der Waals surface area contributed by atoms with Crippen LogP contribution < -0.4 is 0 Å². The van der Waals surface area contributed by atoms with Gasteiger partial charge in [-0.2, -0.15) is 0 Å². The van der Waals surface area contributed by atoms with Gasteiger partial charge in [-0.15, -0.1) is 0 Å². The van der Waals surface area contributed by atoms with Crippen LogP contribution in [0.5, 0.6) is 0 Å². The van der Waals surface area contributed by atoms with Gasteiger partial charge in [0.2, 0.25) is 0 Å². The second-order valence-electron chi connectivity index (χ2n) is 1.39. The Morgan fingerprint density at radius 3 is 2.11 bits per heavy atom. The third-order valence-electron chi connectivity index (χ3n) is 0.552. The zero-order valence-corrected chi connectivity index (χ0v) is 6.28. The lowest BCUT2D eigenvalue weighted by molar-refractivity contribution is 0.432. The molecule has 0 fully saturated rings. The zero-order chi connectivity index (χ0) is 7.44. The Bertz CT molecular complexity index is 172. The molecule has 50 valence electrons. The summed E-state index contributed by atoms with van der Waals surface area (Å²) in [6, 6.07) is 0. The van der Waals surface area contributed by atoms with Crippen LogP contribution in [0.3, 0.4) is 0 Å². The van der Waals surface area contributed by atoms with E-state index < -0.39 is 5.83 Å². The molecular weight excluding hydrogens is 187 g/mol. The zero-order valence-electron chi connectivity index (χ0n) is 4.69. The molecule has 1 N–H and O–H groups in total. The number of aliphatic hydroxyl groups is 1. The fourth-order valence-corrected chi connectivity index (χ4v) is 0.339. The second-order valence-corrected chi connectivity index (χ2v) is 2.35. The molecule has 1 nitrogen and oxygen atoms in total. The second kappa shape index (κ2) is 3.45. The lowest BCUT2D eigenvalue weighted by Crippen LogP contribution is -1.73. The lowest BCUT2D eigenvalue weighted by atomic mass is 10.4. The van der Waals surface area contributed by atoms with Gasteiger partial charge in [-0.1, -0.05) is 13.2 Å². The minimum atomic E-state index is -0.623. The maximum Gasteiger partial charge on any atom is 0.140 e. The van der Waals surface area contributed by atoms with Crippen molar-refractivity contribution >= 4 is 15.9 Å². The van der Waals surface area contributed by atoms with E-state index in [1.54, 1.807) is 0 Å². The Hall–Kier alpha value is -0.570. The predicted octanol–water partition coefficient (Wildman–Crippen LogP) is 2.82. The van der Waals surface area contributed by atoms with Crippen LogP contribution in [0.4, 0.5) is 4.39 Å². The molecule has 0 aromatic rings. The summed E-state index contributed by atoms with van der Waals surface area (Å²) in [4.78, 5) is 0. The fourth-order valence-electron chi connectivity index (χ4n) is 0.225. The highest BCUT2D eigenvalue weighted by Gasteiger charge is 1.95. The number of halogens is 2. The van der Waals surface area contributed by atoms with Gasteiger partial charge in [-0.05, 0) is 15.9 Å². The van der Waals surface area contributed by atoms with Gasteiger partial charge in [0.05, 0.1) is 0 Å². The van der Waals surface area contributed by atoms with Crippen LogP contribution in [-0.2, 0) is 0 Å². The van der Waals surface area contributed by atoms with E-state index in [1.807, 2.05) is 0 Å². The van der Waals surface area contributed by atoms with E-state index in [4.69, 9.17) is 5.11 Å². The summed E-state index contributed by atoms with van der Waals surface area (Å²) in [7, 11) is 0. The van der Waals surface area contributed by atoms with Crippen molar-refractivity contribution < 1.29 is 9.50 Å². The highest BCUT2D eigenvalue weighted by atomic mass is 79.9. The molecule has 0 saturated carbocycles. The van der Waals surface area contributed by atoms with Crippen molar-refractivity contribution in [1.29, 1.82) is 0 Å². The largest absolute Gasteiger partial charge is 0.508 e. The van der Waals surface area contributed by atoms with Crippen molar-refractivity contribution in [1.82, 2.24) is 0 Å². The topological polar surface area (TPSA) is 20.2 Å². The van der Waals surface area contributed by atoms with Crippen LogP contribution in [0.1, 0.15) is 0 Å². The third kappa shape index (κ3) is 3.97. The Kier molecular flexibility index (Phi) is 3.24. The van der Waals surface area contributed by atoms with Crippen molar-refractivity contribution in [3.63, 3.8) is 0 Å². The van der Waals surface area contributed by atoms with Gasteiger partial charge in [-0.25, -0.2) is 4.39 Å². The smallest absolute Gasteiger partial charge is 0.140 e. The highest BCUT2D eigenvalue weighted by Crippen LogP contribution is 2.16. The molecule has 0 aliphatic rings. The first-order chi connectivity index (χ1) is 4.04. The summed E-state index contributed by atoms with van der Waals surface area (Å²) in [5.41, 5.74) is 0. The van der Waals surface area contributed by atoms with Gasteiger partial charge in [0.15, 0.2) is 0 Å². The van der Waals surface area contributed by atoms with E-state index >= 15 is 0 Å². The number of rotatable bonds is 2. The van der Waals surface area contributed by atoms with Crippen molar-refractivity contribution in [3.05, 3.63) is 35.3 Å². The van der Waals surface area contributed by atoms with Gasteiger partial charge < -0.3 is 5.11 Å². The van der Waals surface area contributed by atoms with Crippen molar-refractivity contribution in [2.75, 3.05) is 0 Å². The van der Waals surface area contributed by atoms with Gasteiger partial charge in [-0.3, -0.25) is 0 Å². The van der Waals surface area contributed by atoms with Crippen molar-refractivity contribution in [2.45, 2.75) is 0 Å². The summed E-state index contributed by atoms with van der Waals surface area (Å²) in [6.45, 7) is 6.28. The van der Waals surface area contributed by atoms with Gasteiger partial charge >= 0.3 is 0 Å². The van der Waals surface area contributed by atoms with E-state index in [9.17, 15) is 4.39 Å². The summed E-state index contributed by atoms with van der Waals surface area (Å²) in [5, 5.41) is 8.40. The number of allylic oxidation sites excluding steroid dienone is 3. The van der Waals surface area contributed by atoms with Crippen LogP contribution in [0, 0.1) is 0 Å². The Morgan fingerprint density at radius 1 is 1.56 bits per heavy atom. The third-order valence-corrected chi connectivity index (χ3v) is 0.931. The molecule has 0 saturated heterocycles.